The molecule has 3 nitrogen and oxygen atoms in total. The van der Waals surface area contributed by atoms with Crippen LogP contribution in [0.1, 0.15) is 83.1 Å². The number of hydrogen-bond acceptors (Lipinski definition) is 4. The molecule has 0 fully saturated rings. The summed E-state index contributed by atoms with van der Waals surface area (Å²) in [7, 11) is 0. The zero-order chi connectivity index (χ0) is 25.8. The maximum absolute atomic E-state index is 12.9. The van der Waals surface area contributed by atoms with Crippen LogP contribution in [0.3, 0.4) is 0 Å². The number of ketones is 1. The summed E-state index contributed by atoms with van der Waals surface area (Å²) in [5, 5.41) is 0.997. The van der Waals surface area contributed by atoms with E-state index < -0.39 is 0 Å². The van der Waals surface area contributed by atoms with Gasteiger partial charge in [0.25, 0.3) is 0 Å². The number of halogens is 1. The van der Waals surface area contributed by atoms with Crippen LogP contribution in [-0.2, 0) is 6.42 Å². The number of Topliss-reactive ketones (excluding diaryl/α,β-unsaturated/α-hetero) is 1. The predicted molar refractivity (Wildman–Crippen MR) is 149 cm³/mol. The third-order valence-electron chi connectivity index (χ3n) is 4.70. The molecule has 2 aromatic rings. The molecule has 0 saturated heterocycles. The van der Waals surface area contributed by atoms with Crippen molar-refractivity contribution in [3.05, 3.63) is 83.1 Å². The lowest BCUT2D eigenvalue weighted by Gasteiger charge is -2.23. The van der Waals surface area contributed by atoms with Crippen molar-refractivity contribution in [2.45, 2.75) is 73.6 Å². The van der Waals surface area contributed by atoms with Gasteiger partial charge < -0.3 is 4.90 Å². The number of carbonyl (C=O) groups excluding carboxylic acids is 1. The highest BCUT2D eigenvalue weighted by molar-refractivity contribution is 8.01. The fourth-order valence-corrected chi connectivity index (χ4v) is 3.32. The van der Waals surface area contributed by atoms with E-state index in [9.17, 15) is 9.18 Å². The van der Waals surface area contributed by atoms with E-state index in [0.29, 0.717) is 0 Å². The highest BCUT2D eigenvalue weighted by Crippen LogP contribution is 2.21. The number of hydrogen-bond donors (Lipinski definition) is 0. The van der Waals surface area contributed by atoms with E-state index in [4.69, 9.17) is 0 Å². The van der Waals surface area contributed by atoms with Gasteiger partial charge in [-0.3, -0.25) is 4.79 Å². The van der Waals surface area contributed by atoms with Crippen LogP contribution in [0.4, 0.5) is 4.39 Å². The van der Waals surface area contributed by atoms with E-state index in [1.807, 2.05) is 37.3 Å². The van der Waals surface area contributed by atoms with E-state index in [0.717, 1.165) is 54.2 Å². The fourth-order valence-electron chi connectivity index (χ4n) is 2.69. The van der Waals surface area contributed by atoms with Crippen LogP contribution < -0.4 is 0 Å². The number of carbonyl (C=O) groups is 1. The van der Waals surface area contributed by atoms with Crippen molar-refractivity contribution in [3.63, 3.8) is 0 Å². The monoisotopic (exact) mass is 486 g/mol. The topological polar surface area (TPSA) is 32.7 Å². The van der Waals surface area contributed by atoms with E-state index in [1.54, 1.807) is 19.1 Å². The van der Waals surface area contributed by atoms with Crippen LogP contribution >= 0.6 is 11.9 Å². The molecule has 0 spiro atoms. The van der Waals surface area contributed by atoms with Gasteiger partial charge in [-0.05, 0) is 44.4 Å². The van der Waals surface area contributed by atoms with Crippen LogP contribution in [0.25, 0.3) is 0 Å². The molecule has 0 unspecified atom stereocenters. The molecule has 0 bridgehead atoms. The molecule has 0 aliphatic rings. The standard InChI is InChI=1S/C17H25FN2S.C8H8O.C4H10/c1-5-11-20(12-6-2)15(4)21-19-14(3)13-16-7-9-17(18)10-8-16;1-7(9)8-5-3-2-4-6-8;1-3-4-2/h7-10H,4-6,11-13H2,1-3H3;2-6H,1H3;3-4H2,1-2H3/b19-14+;;. The minimum Gasteiger partial charge on any atom is -0.365 e. The maximum Gasteiger partial charge on any atom is 0.159 e. The van der Waals surface area contributed by atoms with Crippen LogP contribution in [0.2, 0.25) is 0 Å². The molecule has 0 radical (unpaired) electrons. The third-order valence-corrected chi connectivity index (χ3v) is 5.57. The summed E-state index contributed by atoms with van der Waals surface area (Å²) in [6.07, 6.45) is 5.60. The molecule has 2 rings (SSSR count). The summed E-state index contributed by atoms with van der Waals surface area (Å²) in [6.45, 7) is 18.4. The van der Waals surface area contributed by atoms with Crippen molar-refractivity contribution < 1.29 is 9.18 Å². The first-order valence-corrected chi connectivity index (χ1v) is 13.0. The van der Waals surface area contributed by atoms with Gasteiger partial charge in [-0.1, -0.05) is 89.6 Å². The summed E-state index contributed by atoms with van der Waals surface area (Å²) in [4.78, 5) is 12.9. The molecule has 0 amide bonds. The van der Waals surface area contributed by atoms with Crippen molar-refractivity contribution in [1.29, 1.82) is 0 Å². The molecule has 2 aromatic carbocycles. The summed E-state index contributed by atoms with van der Waals surface area (Å²) in [5.41, 5.74) is 2.86. The zero-order valence-electron chi connectivity index (χ0n) is 21.9. The van der Waals surface area contributed by atoms with Gasteiger partial charge in [0, 0.05) is 42.7 Å². The molecule has 0 aliphatic carbocycles. The van der Waals surface area contributed by atoms with Gasteiger partial charge in [0.2, 0.25) is 0 Å². The van der Waals surface area contributed by atoms with Crippen molar-refractivity contribution in [2.75, 3.05) is 13.1 Å². The first kappa shape index (κ1) is 31.6. The van der Waals surface area contributed by atoms with E-state index in [2.05, 4.69) is 43.6 Å². The van der Waals surface area contributed by atoms with Crippen molar-refractivity contribution in [1.82, 2.24) is 4.90 Å². The number of rotatable bonds is 11. The quantitative estimate of drug-likeness (QED) is 0.181. The number of benzene rings is 2. The second-order valence-corrected chi connectivity index (χ2v) is 8.86. The second kappa shape index (κ2) is 20.0. The zero-order valence-corrected chi connectivity index (χ0v) is 22.8. The van der Waals surface area contributed by atoms with E-state index >= 15 is 0 Å². The highest BCUT2D eigenvalue weighted by Gasteiger charge is 2.06. The van der Waals surface area contributed by atoms with Gasteiger partial charge in [0.15, 0.2) is 5.78 Å². The predicted octanol–water partition coefficient (Wildman–Crippen LogP) is 8.77. The Morgan fingerprint density at radius 2 is 1.41 bits per heavy atom. The molecule has 0 aliphatic heterocycles. The Bertz CT molecular complexity index is 827. The Morgan fingerprint density at radius 3 is 1.82 bits per heavy atom. The van der Waals surface area contributed by atoms with Crippen molar-refractivity contribution >= 4 is 23.4 Å². The van der Waals surface area contributed by atoms with Gasteiger partial charge in [-0.2, -0.15) is 0 Å². The summed E-state index contributed by atoms with van der Waals surface area (Å²) >= 11 is 1.44. The lowest BCUT2D eigenvalue weighted by molar-refractivity contribution is 0.101. The highest BCUT2D eigenvalue weighted by atomic mass is 32.2. The van der Waals surface area contributed by atoms with Crippen molar-refractivity contribution in [3.8, 4) is 0 Å². The molecule has 34 heavy (non-hydrogen) atoms. The van der Waals surface area contributed by atoms with Gasteiger partial charge in [-0.25, -0.2) is 8.79 Å². The molecule has 0 atom stereocenters. The van der Waals surface area contributed by atoms with Gasteiger partial charge >= 0.3 is 0 Å². The smallest absolute Gasteiger partial charge is 0.159 e. The van der Waals surface area contributed by atoms with Crippen molar-refractivity contribution in [2.24, 2.45) is 4.40 Å². The summed E-state index contributed by atoms with van der Waals surface area (Å²) in [6, 6.07) is 15.8. The molecular weight excluding hydrogens is 443 g/mol. The fraction of sp³-hybridized carbons (Fsp3) is 0.448. The SMILES string of the molecule is C=C(S/N=C(\C)Cc1ccc(F)cc1)N(CCC)CCC.CC(=O)c1ccccc1.CCCC. The largest absolute Gasteiger partial charge is 0.365 e. The molecule has 0 saturated carbocycles. The van der Waals surface area contributed by atoms with Crippen LogP contribution in [0.15, 0.2) is 70.6 Å². The first-order valence-electron chi connectivity index (χ1n) is 12.2. The van der Waals surface area contributed by atoms with Gasteiger partial charge in [-0.15, -0.1) is 0 Å². The summed E-state index contributed by atoms with van der Waals surface area (Å²) < 4.78 is 17.4. The minimum absolute atomic E-state index is 0.121. The van der Waals surface area contributed by atoms with Gasteiger partial charge in [0.05, 0.1) is 5.03 Å². The second-order valence-electron chi connectivity index (χ2n) is 8.02. The average Bonchev–Trinajstić information content (AvgIpc) is 2.85. The Balaban J connectivity index is 0.000000685. The molecule has 0 aromatic heterocycles. The van der Waals surface area contributed by atoms with E-state index in [1.165, 1.54) is 36.9 Å². The average molecular weight is 487 g/mol. The third kappa shape index (κ3) is 15.4. The maximum atomic E-state index is 12.9. The Labute approximate surface area is 211 Å². The lowest BCUT2D eigenvalue weighted by Crippen LogP contribution is -2.22. The summed E-state index contributed by atoms with van der Waals surface area (Å²) in [5.74, 6) is -0.0820. The Morgan fingerprint density at radius 1 is 0.882 bits per heavy atom. The molecule has 0 N–H and O–H groups in total. The molecule has 188 valence electrons. The van der Waals surface area contributed by atoms with Crippen LogP contribution in [0, 0.1) is 5.82 Å². The molecular formula is C29H43FN2OS. The number of unbranched alkanes of at least 4 members (excludes halogenated alkanes) is 1. The molecule has 0 heterocycles. The van der Waals surface area contributed by atoms with Crippen LogP contribution in [-0.4, -0.2) is 29.5 Å². The Hall–Kier alpha value is -2.40. The first-order chi connectivity index (χ1) is 16.3. The lowest BCUT2D eigenvalue weighted by atomic mass is 10.1. The normalized spacial score (nSPS) is 10.4. The Kier molecular flexibility index (Phi) is 18.6. The van der Waals surface area contributed by atoms with Gasteiger partial charge in [0.1, 0.15) is 5.82 Å². The van der Waals surface area contributed by atoms with E-state index in [-0.39, 0.29) is 11.6 Å². The van der Waals surface area contributed by atoms with Crippen LogP contribution in [0.5, 0.6) is 0 Å². The number of nitrogens with zero attached hydrogens (tertiary/aromatic N) is 2. The molecule has 5 heteroatoms. The minimum atomic E-state index is -0.203.